The van der Waals surface area contributed by atoms with Gasteiger partial charge in [-0.1, -0.05) is 6.07 Å². The van der Waals surface area contributed by atoms with Crippen LogP contribution in [0.2, 0.25) is 0 Å². The molecule has 2 saturated heterocycles. The third kappa shape index (κ3) is 4.15. The van der Waals surface area contributed by atoms with E-state index in [-0.39, 0.29) is 29.5 Å². The van der Waals surface area contributed by atoms with Gasteiger partial charge in [0.05, 0.1) is 17.0 Å². The predicted molar refractivity (Wildman–Crippen MR) is 108 cm³/mol. The number of carbonyl (C=O) groups is 1. The topological polar surface area (TPSA) is 75.7 Å². The summed E-state index contributed by atoms with van der Waals surface area (Å²) in [5.41, 5.74) is 0.515. The highest BCUT2D eigenvalue weighted by molar-refractivity contribution is 7.89. The van der Waals surface area contributed by atoms with E-state index >= 15 is 0 Å². The van der Waals surface area contributed by atoms with E-state index in [1.54, 1.807) is 23.5 Å². The lowest BCUT2D eigenvalue weighted by atomic mass is 10.1. The fraction of sp³-hybridized carbons (Fsp3) is 0.450. The Morgan fingerprint density at radius 3 is 2.68 bits per heavy atom. The third-order valence-electron chi connectivity index (χ3n) is 5.32. The summed E-state index contributed by atoms with van der Waals surface area (Å²) in [5, 5.41) is 2.03. The van der Waals surface area contributed by atoms with Crippen molar-refractivity contribution < 1.29 is 17.9 Å². The number of rotatable bonds is 6. The van der Waals surface area contributed by atoms with Crippen molar-refractivity contribution in [2.75, 3.05) is 19.7 Å². The van der Waals surface area contributed by atoms with Crippen LogP contribution in [0.15, 0.2) is 46.7 Å². The van der Waals surface area contributed by atoms with E-state index in [1.807, 2.05) is 16.3 Å². The standard InChI is InChI=1S/C20H24N2O4S2/c23-20(22-11-1-5-18(22)19-6-3-13-27-19)15-7-9-17(10-8-15)28(24,25)21-14-16-4-2-12-26-16/h3,6-10,13,16,18,21H,1-2,4-5,11-12,14H2. The van der Waals surface area contributed by atoms with Crippen LogP contribution in [0.1, 0.15) is 47.0 Å². The Hall–Kier alpha value is -1.74. The summed E-state index contributed by atoms with van der Waals surface area (Å²) in [4.78, 5) is 16.2. The lowest BCUT2D eigenvalue weighted by Crippen LogP contribution is -2.32. The number of benzene rings is 1. The number of carbonyl (C=O) groups excluding carboxylic acids is 1. The number of nitrogens with one attached hydrogen (secondary N) is 1. The average Bonchev–Trinajstić information content (AvgIpc) is 3.48. The number of hydrogen-bond donors (Lipinski definition) is 1. The predicted octanol–water partition coefficient (Wildman–Crippen LogP) is 3.18. The second-order valence-electron chi connectivity index (χ2n) is 7.18. The fourth-order valence-corrected chi connectivity index (χ4v) is 5.76. The molecule has 2 aromatic rings. The maximum absolute atomic E-state index is 13.0. The van der Waals surface area contributed by atoms with Gasteiger partial charge in [0, 0.05) is 30.1 Å². The van der Waals surface area contributed by atoms with E-state index in [4.69, 9.17) is 4.74 Å². The van der Waals surface area contributed by atoms with Crippen LogP contribution in [-0.2, 0) is 14.8 Å². The average molecular weight is 421 g/mol. The summed E-state index contributed by atoms with van der Waals surface area (Å²) in [7, 11) is -3.61. The maximum Gasteiger partial charge on any atom is 0.254 e. The molecule has 0 radical (unpaired) electrons. The minimum Gasteiger partial charge on any atom is -0.377 e. The molecule has 2 atom stereocenters. The molecular formula is C20H24N2O4S2. The fourth-order valence-electron chi connectivity index (χ4n) is 3.82. The molecule has 1 aromatic carbocycles. The minimum atomic E-state index is -3.61. The summed E-state index contributed by atoms with van der Waals surface area (Å²) >= 11 is 1.67. The minimum absolute atomic E-state index is 0.0489. The zero-order valence-corrected chi connectivity index (χ0v) is 17.2. The highest BCUT2D eigenvalue weighted by Gasteiger charge is 2.31. The van der Waals surface area contributed by atoms with Crippen molar-refractivity contribution in [3.8, 4) is 0 Å². The Morgan fingerprint density at radius 2 is 2.00 bits per heavy atom. The maximum atomic E-state index is 13.0. The third-order valence-corrected chi connectivity index (χ3v) is 7.73. The van der Waals surface area contributed by atoms with Gasteiger partial charge >= 0.3 is 0 Å². The Morgan fingerprint density at radius 1 is 1.18 bits per heavy atom. The first-order chi connectivity index (χ1) is 13.5. The molecule has 8 heteroatoms. The molecule has 0 saturated carbocycles. The molecule has 4 rings (SSSR count). The van der Waals surface area contributed by atoms with Gasteiger partial charge in [0.1, 0.15) is 0 Å². The number of thiophene rings is 1. The van der Waals surface area contributed by atoms with Crippen LogP contribution < -0.4 is 4.72 Å². The second-order valence-corrected chi connectivity index (χ2v) is 9.93. The number of sulfonamides is 1. The van der Waals surface area contributed by atoms with Gasteiger partial charge in [0.25, 0.3) is 5.91 Å². The molecule has 28 heavy (non-hydrogen) atoms. The molecule has 1 aromatic heterocycles. The molecule has 2 fully saturated rings. The van der Waals surface area contributed by atoms with Gasteiger partial charge in [-0.05, 0) is 61.4 Å². The molecule has 0 bridgehead atoms. The van der Waals surface area contributed by atoms with E-state index in [0.29, 0.717) is 12.2 Å². The second kappa shape index (κ2) is 8.32. The number of likely N-dealkylation sites (tertiary alicyclic amines) is 1. The first-order valence-electron chi connectivity index (χ1n) is 9.60. The molecule has 1 amide bonds. The molecule has 150 valence electrons. The van der Waals surface area contributed by atoms with Crippen molar-refractivity contribution in [1.29, 1.82) is 0 Å². The van der Waals surface area contributed by atoms with Crippen LogP contribution in [0.25, 0.3) is 0 Å². The van der Waals surface area contributed by atoms with E-state index in [1.165, 1.54) is 17.0 Å². The monoisotopic (exact) mass is 420 g/mol. The molecule has 6 nitrogen and oxygen atoms in total. The van der Waals surface area contributed by atoms with Crippen molar-refractivity contribution in [3.05, 3.63) is 52.2 Å². The van der Waals surface area contributed by atoms with Gasteiger partial charge in [0.2, 0.25) is 10.0 Å². The van der Waals surface area contributed by atoms with Crippen molar-refractivity contribution in [2.24, 2.45) is 0 Å². The SMILES string of the molecule is O=C(c1ccc(S(=O)(=O)NCC2CCCO2)cc1)N1CCCC1c1cccs1. The normalized spacial score (nSPS) is 22.6. The molecule has 2 aliphatic heterocycles. The van der Waals surface area contributed by atoms with E-state index in [0.717, 1.165) is 32.2 Å². The zero-order chi connectivity index (χ0) is 19.6. The number of nitrogens with zero attached hydrogens (tertiary/aromatic N) is 1. The number of ether oxygens (including phenoxy) is 1. The smallest absolute Gasteiger partial charge is 0.254 e. The summed E-state index contributed by atoms with van der Waals surface area (Å²) < 4.78 is 33.0. The zero-order valence-electron chi connectivity index (χ0n) is 15.5. The highest BCUT2D eigenvalue weighted by Crippen LogP contribution is 2.35. The van der Waals surface area contributed by atoms with Crippen LogP contribution in [0, 0.1) is 0 Å². The van der Waals surface area contributed by atoms with Crippen molar-refractivity contribution in [1.82, 2.24) is 9.62 Å². The Labute approximate surface area is 169 Å². The van der Waals surface area contributed by atoms with Crippen LogP contribution in [-0.4, -0.2) is 45.0 Å². The summed E-state index contributed by atoms with van der Waals surface area (Å²) in [6.45, 7) is 1.69. The Balaban J connectivity index is 1.44. The summed E-state index contributed by atoms with van der Waals surface area (Å²) in [5.74, 6) is -0.0489. The van der Waals surface area contributed by atoms with Gasteiger partial charge in [-0.2, -0.15) is 0 Å². The van der Waals surface area contributed by atoms with Crippen molar-refractivity contribution in [2.45, 2.75) is 42.7 Å². The van der Waals surface area contributed by atoms with Crippen LogP contribution in [0.4, 0.5) is 0 Å². The first kappa shape index (κ1) is 19.6. The van der Waals surface area contributed by atoms with Gasteiger partial charge in [-0.15, -0.1) is 11.3 Å². The molecule has 1 N–H and O–H groups in total. The van der Waals surface area contributed by atoms with Gasteiger partial charge in [0.15, 0.2) is 0 Å². The van der Waals surface area contributed by atoms with Crippen LogP contribution >= 0.6 is 11.3 Å². The van der Waals surface area contributed by atoms with Crippen molar-refractivity contribution in [3.63, 3.8) is 0 Å². The quantitative estimate of drug-likeness (QED) is 0.779. The Bertz CT molecular complexity index is 904. The number of amides is 1. The number of hydrogen-bond acceptors (Lipinski definition) is 5. The first-order valence-corrected chi connectivity index (χ1v) is 12.0. The molecule has 0 aliphatic carbocycles. The summed E-state index contributed by atoms with van der Waals surface area (Å²) in [6.07, 6.45) is 3.73. The van der Waals surface area contributed by atoms with Crippen LogP contribution in [0.3, 0.4) is 0 Å². The van der Waals surface area contributed by atoms with Gasteiger partial charge in [-0.3, -0.25) is 4.79 Å². The summed E-state index contributed by atoms with van der Waals surface area (Å²) in [6, 6.07) is 10.4. The lowest BCUT2D eigenvalue weighted by molar-refractivity contribution is 0.0737. The molecule has 2 aliphatic rings. The largest absolute Gasteiger partial charge is 0.377 e. The molecule has 3 heterocycles. The van der Waals surface area contributed by atoms with E-state index in [9.17, 15) is 13.2 Å². The molecule has 2 unspecified atom stereocenters. The van der Waals surface area contributed by atoms with Gasteiger partial charge in [-0.25, -0.2) is 13.1 Å². The highest BCUT2D eigenvalue weighted by atomic mass is 32.2. The Kier molecular flexibility index (Phi) is 5.82. The van der Waals surface area contributed by atoms with E-state index in [2.05, 4.69) is 10.8 Å². The van der Waals surface area contributed by atoms with Gasteiger partial charge < -0.3 is 9.64 Å². The van der Waals surface area contributed by atoms with Crippen molar-refractivity contribution >= 4 is 27.3 Å². The molecular weight excluding hydrogens is 396 g/mol. The van der Waals surface area contributed by atoms with Crippen LogP contribution in [0.5, 0.6) is 0 Å². The lowest BCUT2D eigenvalue weighted by Gasteiger charge is -2.24. The molecule has 0 spiro atoms. The van der Waals surface area contributed by atoms with E-state index < -0.39 is 10.0 Å².